The van der Waals surface area contributed by atoms with Crippen LogP contribution in [0, 0.1) is 0 Å². The number of ether oxygens (including phenoxy) is 3. The van der Waals surface area contributed by atoms with Crippen LogP contribution in [0.25, 0.3) is 11.5 Å². The molecule has 0 saturated carbocycles. The number of methoxy groups -OCH3 is 3. The van der Waals surface area contributed by atoms with Crippen molar-refractivity contribution in [2.75, 3.05) is 32.8 Å². The van der Waals surface area contributed by atoms with E-state index in [1.54, 1.807) is 44.4 Å². The lowest BCUT2D eigenvalue weighted by Crippen LogP contribution is -2.24. The zero-order chi connectivity index (χ0) is 20.4. The summed E-state index contributed by atoms with van der Waals surface area (Å²) in [4.78, 5) is 18.8. The predicted molar refractivity (Wildman–Crippen MR) is 106 cm³/mol. The van der Waals surface area contributed by atoms with Gasteiger partial charge < -0.3 is 23.6 Å². The maximum atomic E-state index is 12.6. The first-order chi connectivity index (χ1) is 14.1. The molecule has 1 aliphatic heterocycles. The van der Waals surface area contributed by atoms with Crippen LogP contribution in [0.1, 0.15) is 18.2 Å². The number of nitrogens with zero attached hydrogens (tertiary/aromatic N) is 3. The molecule has 1 aromatic heterocycles. The summed E-state index contributed by atoms with van der Waals surface area (Å²) in [6.45, 7) is 0.477. The average Bonchev–Trinajstić information content (AvgIpc) is 3.40. The Labute approximate surface area is 168 Å². The molecule has 2 aromatic carbocycles. The molecule has 0 radical (unpaired) electrons. The van der Waals surface area contributed by atoms with E-state index < -0.39 is 0 Å². The van der Waals surface area contributed by atoms with Gasteiger partial charge in [-0.1, -0.05) is 11.2 Å². The van der Waals surface area contributed by atoms with Crippen LogP contribution in [-0.2, 0) is 4.79 Å². The van der Waals surface area contributed by atoms with Crippen molar-refractivity contribution >= 4 is 11.6 Å². The van der Waals surface area contributed by atoms with Gasteiger partial charge in [0.1, 0.15) is 17.2 Å². The Hall–Kier alpha value is -3.55. The fourth-order valence-electron chi connectivity index (χ4n) is 3.39. The number of hydrogen-bond acceptors (Lipinski definition) is 7. The molecule has 8 nitrogen and oxygen atoms in total. The number of carbonyl (C=O) groups excluding carboxylic acids is 1. The minimum Gasteiger partial charge on any atom is -0.497 e. The third-order valence-electron chi connectivity index (χ3n) is 4.94. The number of benzene rings is 2. The summed E-state index contributed by atoms with van der Waals surface area (Å²) in [5.74, 6) is 2.63. The van der Waals surface area contributed by atoms with Crippen LogP contribution in [0.3, 0.4) is 0 Å². The van der Waals surface area contributed by atoms with Gasteiger partial charge in [0.2, 0.25) is 5.91 Å². The highest BCUT2D eigenvalue weighted by Gasteiger charge is 2.35. The molecule has 0 bridgehead atoms. The van der Waals surface area contributed by atoms with Gasteiger partial charge in [-0.25, -0.2) is 0 Å². The van der Waals surface area contributed by atoms with E-state index in [2.05, 4.69) is 10.1 Å². The van der Waals surface area contributed by atoms with E-state index in [-0.39, 0.29) is 11.8 Å². The first-order valence-electron chi connectivity index (χ1n) is 9.13. The molecule has 1 aliphatic rings. The van der Waals surface area contributed by atoms with Gasteiger partial charge in [0.05, 0.1) is 26.9 Å². The zero-order valence-electron chi connectivity index (χ0n) is 16.4. The Bertz CT molecular complexity index is 1030. The topological polar surface area (TPSA) is 86.9 Å². The van der Waals surface area contributed by atoms with Gasteiger partial charge in [-0.15, -0.1) is 0 Å². The Morgan fingerprint density at radius 1 is 1.03 bits per heavy atom. The highest BCUT2D eigenvalue weighted by molar-refractivity contribution is 5.96. The highest BCUT2D eigenvalue weighted by atomic mass is 16.5. The van der Waals surface area contributed by atoms with Crippen LogP contribution >= 0.6 is 0 Å². The molecular formula is C21H21N3O5. The van der Waals surface area contributed by atoms with Gasteiger partial charge in [0, 0.05) is 36.7 Å². The summed E-state index contributed by atoms with van der Waals surface area (Å²) >= 11 is 0. The predicted octanol–water partition coefficient (Wildman–Crippen LogP) is 3.28. The molecule has 0 N–H and O–H groups in total. The summed E-state index contributed by atoms with van der Waals surface area (Å²) < 4.78 is 21.3. The molecule has 1 atom stereocenters. The summed E-state index contributed by atoms with van der Waals surface area (Å²) in [7, 11) is 4.75. The van der Waals surface area contributed by atoms with E-state index in [1.807, 2.05) is 24.3 Å². The molecule has 2 heterocycles. The summed E-state index contributed by atoms with van der Waals surface area (Å²) in [6.07, 6.45) is 0.315. The van der Waals surface area contributed by atoms with Gasteiger partial charge >= 0.3 is 0 Å². The fourth-order valence-corrected chi connectivity index (χ4v) is 3.39. The molecule has 1 unspecified atom stereocenters. The van der Waals surface area contributed by atoms with Crippen molar-refractivity contribution in [3.63, 3.8) is 0 Å². The molecule has 4 rings (SSSR count). The smallest absolute Gasteiger partial charge is 0.261 e. The molecule has 150 valence electrons. The van der Waals surface area contributed by atoms with Crippen molar-refractivity contribution in [3.8, 4) is 28.7 Å². The van der Waals surface area contributed by atoms with Gasteiger partial charge in [-0.3, -0.25) is 4.79 Å². The lowest BCUT2D eigenvalue weighted by Gasteiger charge is -2.16. The van der Waals surface area contributed by atoms with Crippen molar-refractivity contribution < 1.29 is 23.5 Å². The van der Waals surface area contributed by atoms with Crippen molar-refractivity contribution in [1.82, 2.24) is 10.1 Å². The molecule has 29 heavy (non-hydrogen) atoms. The average molecular weight is 395 g/mol. The van der Waals surface area contributed by atoms with Crippen molar-refractivity contribution in [3.05, 3.63) is 48.3 Å². The zero-order valence-corrected chi connectivity index (χ0v) is 16.4. The van der Waals surface area contributed by atoms with E-state index in [9.17, 15) is 4.79 Å². The Morgan fingerprint density at radius 3 is 2.59 bits per heavy atom. The third kappa shape index (κ3) is 3.61. The molecule has 3 aromatic rings. The minimum absolute atomic E-state index is 0.0108. The van der Waals surface area contributed by atoms with Gasteiger partial charge in [0.15, 0.2) is 5.82 Å². The molecule has 8 heteroatoms. The van der Waals surface area contributed by atoms with Gasteiger partial charge in [0.25, 0.3) is 5.89 Å². The summed E-state index contributed by atoms with van der Waals surface area (Å²) in [6, 6.07) is 12.8. The van der Waals surface area contributed by atoms with Crippen LogP contribution in [-0.4, -0.2) is 43.9 Å². The van der Waals surface area contributed by atoms with Crippen LogP contribution < -0.4 is 19.1 Å². The Balaban J connectivity index is 1.57. The van der Waals surface area contributed by atoms with Gasteiger partial charge in [-0.2, -0.15) is 4.98 Å². The largest absolute Gasteiger partial charge is 0.497 e. The van der Waals surface area contributed by atoms with Crippen LogP contribution in [0.5, 0.6) is 17.2 Å². The van der Waals surface area contributed by atoms with Crippen molar-refractivity contribution in [2.24, 2.45) is 0 Å². The minimum atomic E-state index is -0.157. The standard InChI is InChI=1S/C21H21N3O5/c1-26-15-6-4-5-14(10-15)24-12-13(9-19(24)25)20-22-21(29-23-20)17-8-7-16(27-2)11-18(17)28-3/h4-8,10-11,13H,9,12H2,1-3H3. The number of carbonyl (C=O) groups is 1. The van der Waals surface area contributed by atoms with E-state index in [4.69, 9.17) is 18.7 Å². The molecular weight excluding hydrogens is 374 g/mol. The normalized spacial score (nSPS) is 16.2. The first kappa shape index (κ1) is 18.8. The second-order valence-electron chi connectivity index (χ2n) is 6.63. The highest BCUT2D eigenvalue weighted by Crippen LogP contribution is 2.35. The second-order valence-corrected chi connectivity index (χ2v) is 6.63. The number of hydrogen-bond donors (Lipinski definition) is 0. The Morgan fingerprint density at radius 2 is 1.83 bits per heavy atom. The summed E-state index contributed by atoms with van der Waals surface area (Å²) in [5.41, 5.74) is 1.46. The van der Waals surface area contributed by atoms with Crippen molar-refractivity contribution in [1.29, 1.82) is 0 Å². The molecule has 0 aliphatic carbocycles. The van der Waals surface area contributed by atoms with Crippen LogP contribution in [0.4, 0.5) is 5.69 Å². The lowest BCUT2D eigenvalue weighted by molar-refractivity contribution is -0.117. The SMILES string of the molecule is COc1cccc(N2CC(c3noc(-c4ccc(OC)cc4OC)n3)CC2=O)c1. The lowest BCUT2D eigenvalue weighted by atomic mass is 10.1. The molecule has 0 spiro atoms. The van der Waals surface area contributed by atoms with E-state index in [1.165, 1.54) is 0 Å². The van der Waals surface area contributed by atoms with Crippen molar-refractivity contribution in [2.45, 2.75) is 12.3 Å². The summed E-state index contributed by atoms with van der Waals surface area (Å²) in [5, 5.41) is 4.11. The first-order valence-corrected chi connectivity index (χ1v) is 9.13. The van der Waals surface area contributed by atoms with E-state index in [0.29, 0.717) is 47.5 Å². The fraction of sp³-hybridized carbons (Fsp3) is 0.286. The second kappa shape index (κ2) is 7.83. The van der Waals surface area contributed by atoms with E-state index in [0.717, 1.165) is 5.69 Å². The number of rotatable bonds is 6. The van der Waals surface area contributed by atoms with E-state index >= 15 is 0 Å². The maximum Gasteiger partial charge on any atom is 0.261 e. The monoisotopic (exact) mass is 395 g/mol. The molecule has 1 amide bonds. The third-order valence-corrected chi connectivity index (χ3v) is 4.94. The number of aromatic nitrogens is 2. The molecule has 1 saturated heterocycles. The van der Waals surface area contributed by atoms with Crippen LogP contribution in [0.15, 0.2) is 47.0 Å². The molecule has 1 fully saturated rings. The van der Waals surface area contributed by atoms with Gasteiger partial charge in [-0.05, 0) is 24.3 Å². The Kier molecular flexibility index (Phi) is 5.07. The van der Waals surface area contributed by atoms with Crippen LogP contribution in [0.2, 0.25) is 0 Å². The quantitative estimate of drug-likeness (QED) is 0.633. The number of anilines is 1. The maximum absolute atomic E-state index is 12.6. The number of amides is 1.